The van der Waals surface area contributed by atoms with Crippen LogP contribution < -0.4 is 0 Å². The van der Waals surface area contributed by atoms with Crippen molar-refractivity contribution in [1.82, 2.24) is 0 Å². The molecule has 3 heteroatoms. The molecule has 2 aromatic rings. The number of fused-ring (bicyclic) bond motifs is 1. The molecule has 0 aromatic heterocycles. The van der Waals surface area contributed by atoms with E-state index in [1.165, 1.54) is 5.56 Å². The predicted molar refractivity (Wildman–Crippen MR) is 81.9 cm³/mol. The Morgan fingerprint density at radius 3 is 2.90 bits per heavy atom. The smallest absolute Gasteiger partial charge is 0.165 e. The van der Waals surface area contributed by atoms with Gasteiger partial charge in [0, 0.05) is 16.5 Å². The number of hydrogen-bond donors (Lipinski definition) is 0. The second-order valence-electron chi connectivity index (χ2n) is 4.95. The van der Waals surface area contributed by atoms with Crippen molar-refractivity contribution in [2.24, 2.45) is 0 Å². The standard InChI is InChI=1S/C17H15BrO2/c18-14-6-3-5-13(10-14)16(19)11-17-15-7-2-1-4-12(15)8-9-20-17/h1-7,10,17H,8-9,11H2. The first-order valence-corrected chi connectivity index (χ1v) is 7.51. The lowest BCUT2D eigenvalue weighted by Crippen LogP contribution is -2.19. The van der Waals surface area contributed by atoms with E-state index in [0.29, 0.717) is 13.0 Å². The van der Waals surface area contributed by atoms with Crippen molar-refractivity contribution in [2.75, 3.05) is 6.61 Å². The summed E-state index contributed by atoms with van der Waals surface area (Å²) >= 11 is 3.40. The van der Waals surface area contributed by atoms with Crippen LogP contribution in [0.3, 0.4) is 0 Å². The minimum Gasteiger partial charge on any atom is -0.373 e. The third-order valence-electron chi connectivity index (χ3n) is 3.61. The van der Waals surface area contributed by atoms with Gasteiger partial charge in [-0.1, -0.05) is 52.3 Å². The van der Waals surface area contributed by atoms with E-state index in [0.717, 1.165) is 22.0 Å². The highest BCUT2D eigenvalue weighted by atomic mass is 79.9. The first-order chi connectivity index (χ1) is 9.74. The van der Waals surface area contributed by atoms with Gasteiger partial charge in [0.05, 0.1) is 12.7 Å². The summed E-state index contributed by atoms with van der Waals surface area (Å²) in [4.78, 5) is 12.4. The minimum absolute atomic E-state index is 0.119. The van der Waals surface area contributed by atoms with Gasteiger partial charge in [-0.05, 0) is 29.7 Å². The van der Waals surface area contributed by atoms with Crippen LogP contribution in [-0.4, -0.2) is 12.4 Å². The summed E-state index contributed by atoms with van der Waals surface area (Å²) in [5, 5.41) is 0. The van der Waals surface area contributed by atoms with Gasteiger partial charge in [-0.3, -0.25) is 4.79 Å². The number of halogens is 1. The van der Waals surface area contributed by atoms with Gasteiger partial charge in [0.25, 0.3) is 0 Å². The number of ketones is 1. The Bertz CT molecular complexity index is 636. The van der Waals surface area contributed by atoms with Crippen molar-refractivity contribution in [3.8, 4) is 0 Å². The predicted octanol–water partition coefficient (Wildman–Crippen LogP) is 4.34. The average molecular weight is 331 g/mol. The molecule has 0 radical (unpaired) electrons. The van der Waals surface area contributed by atoms with Gasteiger partial charge in [-0.15, -0.1) is 0 Å². The summed E-state index contributed by atoms with van der Waals surface area (Å²) in [6.45, 7) is 0.688. The second kappa shape index (κ2) is 5.90. The molecule has 1 unspecified atom stereocenters. The molecule has 20 heavy (non-hydrogen) atoms. The topological polar surface area (TPSA) is 26.3 Å². The number of Topliss-reactive ketones (excluding diaryl/α,β-unsaturated/α-hetero) is 1. The summed E-state index contributed by atoms with van der Waals surface area (Å²) in [7, 11) is 0. The molecule has 0 amide bonds. The van der Waals surface area contributed by atoms with E-state index < -0.39 is 0 Å². The summed E-state index contributed by atoms with van der Waals surface area (Å²) in [6.07, 6.45) is 1.21. The molecule has 2 nitrogen and oxygen atoms in total. The molecule has 0 fully saturated rings. The van der Waals surface area contributed by atoms with E-state index in [9.17, 15) is 4.79 Å². The number of hydrogen-bond acceptors (Lipinski definition) is 2. The molecule has 0 spiro atoms. The van der Waals surface area contributed by atoms with Crippen molar-refractivity contribution >= 4 is 21.7 Å². The van der Waals surface area contributed by atoms with Gasteiger partial charge in [-0.2, -0.15) is 0 Å². The van der Waals surface area contributed by atoms with Crippen LogP contribution in [0.5, 0.6) is 0 Å². The van der Waals surface area contributed by atoms with Crippen molar-refractivity contribution in [2.45, 2.75) is 18.9 Å². The van der Waals surface area contributed by atoms with Crippen LogP contribution in [0.1, 0.15) is 34.0 Å². The first-order valence-electron chi connectivity index (χ1n) is 6.72. The highest BCUT2D eigenvalue weighted by molar-refractivity contribution is 9.10. The Kier molecular flexibility index (Phi) is 3.99. The third-order valence-corrected chi connectivity index (χ3v) is 4.10. The quantitative estimate of drug-likeness (QED) is 0.782. The zero-order chi connectivity index (χ0) is 13.9. The minimum atomic E-state index is -0.119. The van der Waals surface area contributed by atoms with Crippen molar-refractivity contribution in [3.05, 3.63) is 69.7 Å². The molecule has 0 aliphatic carbocycles. The zero-order valence-corrected chi connectivity index (χ0v) is 12.6. The zero-order valence-electron chi connectivity index (χ0n) is 11.0. The number of ether oxygens (including phenoxy) is 1. The van der Waals surface area contributed by atoms with E-state index in [4.69, 9.17) is 4.74 Å². The van der Waals surface area contributed by atoms with Crippen molar-refractivity contribution < 1.29 is 9.53 Å². The molecule has 1 atom stereocenters. The first kappa shape index (κ1) is 13.5. The van der Waals surface area contributed by atoms with Crippen LogP contribution in [0.25, 0.3) is 0 Å². The molecule has 0 saturated heterocycles. The van der Waals surface area contributed by atoms with Crippen LogP contribution in [0.15, 0.2) is 53.0 Å². The normalized spacial score (nSPS) is 17.6. The van der Waals surface area contributed by atoms with E-state index in [1.54, 1.807) is 0 Å². The summed E-state index contributed by atoms with van der Waals surface area (Å²) in [5.74, 6) is 0.119. The molecule has 2 aromatic carbocycles. The number of carbonyl (C=O) groups excluding carboxylic acids is 1. The molecule has 102 valence electrons. The maximum Gasteiger partial charge on any atom is 0.165 e. The van der Waals surface area contributed by atoms with E-state index in [2.05, 4.69) is 28.1 Å². The number of benzene rings is 2. The fourth-order valence-electron chi connectivity index (χ4n) is 2.59. The van der Waals surface area contributed by atoms with Gasteiger partial charge in [0.2, 0.25) is 0 Å². The van der Waals surface area contributed by atoms with Crippen LogP contribution in [0.4, 0.5) is 0 Å². The lowest BCUT2D eigenvalue weighted by atomic mass is 9.93. The second-order valence-corrected chi connectivity index (χ2v) is 5.86. The summed E-state index contributed by atoms with van der Waals surface area (Å²) in [5.41, 5.74) is 3.18. The molecule has 0 bridgehead atoms. The molecule has 1 aliphatic heterocycles. The van der Waals surface area contributed by atoms with Gasteiger partial charge in [-0.25, -0.2) is 0 Å². The molecule has 1 heterocycles. The average Bonchev–Trinajstić information content (AvgIpc) is 2.47. The fourth-order valence-corrected chi connectivity index (χ4v) is 2.99. The van der Waals surface area contributed by atoms with Gasteiger partial charge in [0.1, 0.15) is 0 Å². The molecule has 3 rings (SSSR count). The maximum atomic E-state index is 12.4. The molecule has 1 aliphatic rings. The highest BCUT2D eigenvalue weighted by Gasteiger charge is 2.23. The number of carbonyl (C=O) groups is 1. The fraction of sp³-hybridized carbons (Fsp3) is 0.235. The Balaban J connectivity index is 1.81. The number of rotatable bonds is 3. The van der Waals surface area contributed by atoms with Crippen molar-refractivity contribution in [3.63, 3.8) is 0 Å². The monoisotopic (exact) mass is 330 g/mol. The van der Waals surface area contributed by atoms with Crippen LogP contribution >= 0.6 is 15.9 Å². The van der Waals surface area contributed by atoms with E-state index in [-0.39, 0.29) is 11.9 Å². The van der Waals surface area contributed by atoms with Gasteiger partial charge >= 0.3 is 0 Å². The highest BCUT2D eigenvalue weighted by Crippen LogP contribution is 2.30. The Labute approximate surface area is 126 Å². The molecular formula is C17H15BrO2. The molecular weight excluding hydrogens is 316 g/mol. The van der Waals surface area contributed by atoms with Crippen molar-refractivity contribution in [1.29, 1.82) is 0 Å². The Morgan fingerprint density at radius 1 is 1.20 bits per heavy atom. The molecule has 0 N–H and O–H groups in total. The van der Waals surface area contributed by atoms with Crippen LogP contribution in [0, 0.1) is 0 Å². The van der Waals surface area contributed by atoms with E-state index in [1.807, 2.05) is 36.4 Å². The third kappa shape index (κ3) is 2.84. The molecule has 0 saturated carbocycles. The lowest BCUT2D eigenvalue weighted by Gasteiger charge is -2.25. The Morgan fingerprint density at radius 2 is 2.05 bits per heavy atom. The van der Waals surface area contributed by atoms with Gasteiger partial charge in [0.15, 0.2) is 5.78 Å². The SMILES string of the molecule is O=C(CC1OCCc2ccccc21)c1cccc(Br)c1. The largest absolute Gasteiger partial charge is 0.373 e. The summed E-state index contributed by atoms with van der Waals surface area (Å²) < 4.78 is 6.72. The Hall–Kier alpha value is -1.45. The summed E-state index contributed by atoms with van der Waals surface area (Å²) in [6, 6.07) is 15.7. The van der Waals surface area contributed by atoms with Crippen LogP contribution in [0.2, 0.25) is 0 Å². The maximum absolute atomic E-state index is 12.4. The van der Waals surface area contributed by atoms with Gasteiger partial charge < -0.3 is 4.74 Å². The van der Waals surface area contributed by atoms with Crippen LogP contribution in [-0.2, 0) is 11.2 Å². The lowest BCUT2D eigenvalue weighted by molar-refractivity contribution is 0.0352. The van der Waals surface area contributed by atoms with E-state index >= 15 is 0 Å².